The first-order valence-corrected chi connectivity index (χ1v) is 15.4. The molecule has 4 aromatic rings. The number of fused-ring (bicyclic) bond motifs is 2. The molecule has 0 spiro atoms. The Hall–Kier alpha value is -4.70. The first kappa shape index (κ1) is 31.3. The van der Waals surface area contributed by atoms with Crippen LogP contribution in [0, 0.1) is 0 Å². The number of methoxy groups -OCH3 is 3. The zero-order valence-electron chi connectivity index (χ0n) is 26.9. The van der Waals surface area contributed by atoms with Crippen LogP contribution in [0.25, 0.3) is 6.08 Å². The second-order valence-corrected chi connectivity index (χ2v) is 11.8. The highest BCUT2D eigenvalue weighted by Gasteiger charge is 2.29. The van der Waals surface area contributed by atoms with Gasteiger partial charge in [0.25, 0.3) is 0 Å². The fourth-order valence-electron chi connectivity index (χ4n) is 6.24. The number of hydrogen-bond acceptors (Lipinski definition) is 8. The minimum absolute atomic E-state index is 0.0270. The van der Waals surface area contributed by atoms with Crippen molar-refractivity contribution in [1.82, 2.24) is 4.90 Å². The molecule has 240 valence electrons. The highest BCUT2D eigenvalue weighted by atomic mass is 16.5. The number of phenols is 1. The van der Waals surface area contributed by atoms with Crippen molar-refractivity contribution in [2.24, 2.45) is 0 Å². The topological polar surface area (TPSA) is 94.3 Å². The molecule has 0 saturated carbocycles. The van der Waals surface area contributed by atoms with E-state index in [9.17, 15) is 10.2 Å². The molecule has 6 rings (SSSR count). The Bertz CT molecular complexity index is 1750. The molecule has 0 aromatic heterocycles. The summed E-state index contributed by atoms with van der Waals surface area (Å²) in [4.78, 5) is 3.54. The predicted molar refractivity (Wildman–Crippen MR) is 176 cm³/mol. The van der Waals surface area contributed by atoms with Gasteiger partial charge in [-0.1, -0.05) is 18.2 Å². The number of benzene rings is 4. The molecule has 2 atom stereocenters. The van der Waals surface area contributed by atoms with Crippen molar-refractivity contribution >= 4 is 6.08 Å². The molecule has 2 unspecified atom stereocenters. The van der Waals surface area contributed by atoms with Crippen molar-refractivity contribution < 1.29 is 38.8 Å². The number of quaternary nitrogens is 1. The molecular weight excluding hydrogens is 584 g/mol. The maximum atomic E-state index is 11.2. The second-order valence-electron chi connectivity index (χ2n) is 11.8. The van der Waals surface area contributed by atoms with Crippen LogP contribution in [-0.2, 0) is 26.0 Å². The number of nitrogens with zero attached hydrogens (tertiary/aromatic N) is 1. The Morgan fingerprint density at radius 1 is 0.826 bits per heavy atom. The van der Waals surface area contributed by atoms with Gasteiger partial charge in [-0.05, 0) is 96.2 Å². The van der Waals surface area contributed by atoms with Crippen molar-refractivity contribution in [3.05, 3.63) is 100 Å². The summed E-state index contributed by atoms with van der Waals surface area (Å²) in [6.07, 6.45) is 5.76. The van der Waals surface area contributed by atoms with Gasteiger partial charge < -0.3 is 38.8 Å². The van der Waals surface area contributed by atoms with E-state index in [0.29, 0.717) is 46.8 Å². The lowest BCUT2D eigenvalue weighted by molar-refractivity contribution is -0.839. The van der Waals surface area contributed by atoms with E-state index in [1.54, 1.807) is 33.5 Å². The molecule has 9 nitrogen and oxygen atoms in total. The minimum Gasteiger partial charge on any atom is -0.502 e. The lowest BCUT2D eigenvalue weighted by Gasteiger charge is -2.35. The van der Waals surface area contributed by atoms with Crippen molar-refractivity contribution in [2.75, 3.05) is 42.0 Å². The van der Waals surface area contributed by atoms with E-state index in [1.807, 2.05) is 30.3 Å². The van der Waals surface area contributed by atoms with Crippen molar-refractivity contribution in [2.45, 2.75) is 32.0 Å². The molecule has 46 heavy (non-hydrogen) atoms. The lowest BCUT2D eigenvalue weighted by atomic mass is 9.88. The smallest absolute Gasteiger partial charge is 0.201 e. The number of nitrogens with one attached hydrogen (secondary N) is 1. The van der Waals surface area contributed by atoms with E-state index >= 15 is 0 Å². The van der Waals surface area contributed by atoms with E-state index in [-0.39, 0.29) is 18.4 Å². The summed E-state index contributed by atoms with van der Waals surface area (Å²) >= 11 is 0. The monoisotopic (exact) mass is 625 g/mol. The summed E-state index contributed by atoms with van der Waals surface area (Å²) in [5, 5.41) is 20.7. The predicted octanol–water partition coefficient (Wildman–Crippen LogP) is 5.27. The van der Waals surface area contributed by atoms with Gasteiger partial charge in [0.1, 0.15) is 12.3 Å². The maximum absolute atomic E-state index is 11.2. The number of aliphatic hydroxyl groups excluding tert-OH is 1. The first-order valence-electron chi connectivity index (χ1n) is 15.4. The average molecular weight is 626 g/mol. The van der Waals surface area contributed by atoms with E-state index < -0.39 is 0 Å². The third-order valence-electron chi connectivity index (χ3n) is 8.83. The van der Waals surface area contributed by atoms with Gasteiger partial charge >= 0.3 is 0 Å². The number of ether oxygens (including phenoxy) is 5. The van der Waals surface area contributed by atoms with Crippen LogP contribution in [0.2, 0.25) is 0 Å². The Morgan fingerprint density at radius 2 is 1.54 bits per heavy atom. The molecule has 0 aliphatic carbocycles. The second kappa shape index (κ2) is 13.3. The maximum Gasteiger partial charge on any atom is 0.201 e. The van der Waals surface area contributed by atoms with Gasteiger partial charge in [0.15, 0.2) is 34.5 Å². The summed E-state index contributed by atoms with van der Waals surface area (Å²) in [5.41, 5.74) is 6.15. The zero-order chi connectivity index (χ0) is 32.4. The Labute approximate surface area is 269 Å². The first-order chi connectivity index (χ1) is 22.3. The van der Waals surface area contributed by atoms with Gasteiger partial charge in [-0.2, -0.15) is 0 Å². The van der Waals surface area contributed by atoms with Crippen LogP contribution in [0.4, 0.5) is 0 Å². The van der Waals surface area contributed by atoms with Crippen LogP contribution in [0.1, 0.15) is 39.4 Å². The normalized spacial score (nSPS) is 17.2. The van der Waals surface area contributed by atoms with E-state index in [4.69, 9.17) is 23.7 Å². The van der Waals surface area contributed by atoms with Gasteiger partial charge in [0.05, 0.1) is 46.7 Å². The molecule has 0 amide bonds. The van der Waals surface area contributed by atoms with E-state index in [1.165, 1.54) is 10.5 Å². The van der Waals surface area contributed by atoms with Crippen LogP contribution < -0.4 is 28.6 Å². The fraction of sp³-hybridized carbons (Fsp3) is 0.297. The molecule has 3 N–H and O–H groups in total. The number of phenolic OH excluding ortho intramolecular Hbond substituents is 1. The van der Waals surface area contributed by atoms with Gasteiger partial charge in [0.2, 0.25) is 5.75 Å². The largest absolute Gasteiger partial charge is 0.502 e. The molecule has 0 fully saturated rings. The lowest BCUT2D eigenvalue weighted by Crippen LogP contribution is -3.03. The number of rotatable bonds is 10. The van der Waals surface area contributed by atoms with Crippen LogP contribution in [0.15, 0.2) is 66.9 Å². The van der Waals surface area contributed by atoms with Crippen LogP contribution in [0.3, 0.4) is 0 Å². The highest BCUT2D eigenvalue weighted by molar-refractivity contribution is 5.68. The van der Waals surface area contributed by atoms with Gasteiger partial charge in [-0.3, -0.25) is 4.90 Å². The molecule has 0 saturated heterocycles. The summed E-state index contributed by atoms with van der Waals surface area (Å²) in [6.45, 7) is 1.50. The third kappa shape index (κ3) is 6.22. The average Bonchev–Trinajstić information content (AvgIpc) is 3.07. The Balaban J connectivity index is 1.29. The minimum atomic E-state index is -0.0766. The third-order valence-corrected chi connectivity index (χ3v) is 8.83. The van der Waals surface area contributed by atoms with Gasteiger partial charge in [0, 0.05) is 12.6 Å². The zero-order valence-corrected chi connectivity index (χ0v) is 26.9. The molecule has 4 aromatic carbocycles. The van der Waals surface area contributed by atoms with Crippen molar-refractivity contribution in [3.8, 4) is 46.0 Å². The summed E-state index contributed by atoms with van der Waals surface area (Å²) in [6, 6.07) is 19.5. The Kier molecular flexibility index (Phi) is 9.08. The number of hydrogen-bond donors (Lipinski definition) is 3. The van der Waals surface area contributed by atoms with Crippen molar-refractivity contribution in [1.29, 1.82) is 0 Å². The molecule has 2 heterocycles. The summed E-state index contributed by atoms with van der Waals surface area (Å²) in [5.74, 6) is 3.71. The molecule has 9 heteroatoms. The molecule has 0 bridgehead atoms. The van der Waals surface area contributed by atoms with Crippen molar-refractivity contribution in [3.63, 3.8) is 0 Å². The number of likely N-dealkylation sites (N-methyl/N-ethyl adjacent to an activating group) is 1. The Morgan fingerprint density at radius 3 is 2.26 bits per heavy atom. The number of aromatic hydroxyl groups is 1. The quantitative estimate of drug-likeness (QED) is 0.220. The highest BCUT2D eigenvalue weighted by Crippen LogP contribution is 2.47. The summed E-state index contributed by atoms with van der Waals surface area (Å²) < 4.78 is 29.4. The SMILES string of the molecule is COc1ccc(CO)cc1Oc1ccc(CC2c3cc(Oc4c(O)c(OC)cc5c4C[NH+](C)C=C5)c(OC)cc3CCN2C)cc1. The standard InChI is InChI=1S/C37H40N2O7/c1-38-14-12-26-19-35(44-5)36(41)37(29(26)21-38)46-34-20-28-25(18-32(34)43-4)13-15-39(2)30(28)16-23-6-9-27(10-7-23)45-33-17-24(22-40)8-11-31(33)42-3/h6-12,14,17-20,30,40-41H,13,15-16,21-22H2,1-5H3/p+1. The molecule has 0 radical (unpaired) electrons. The van der Waals surface area contributed by atoms with E-state index in [0.717, 1.165) is 47.2 Å². The van der Waals surface area contributed by atoms with E-state index in [2.05, 4.69) is 49.5 Å². The van der Waals surface area contributed by atoms with Crippen LogP contribution in [0.5, 0.6) is 46.0 Å². The van der Waals surface area contributed by atoms with Gasteiger partial charge in [-0.15, -0.1) is 0 Å². The van der Waals surface area contributed by atoms with Crippen LogP contribution in [-0.4, -0.2) is 57.1 Å². The molecule has 2 aliphatic heterocycles. The fourth-order valence-corrected chi connectivity index (χ4v) is 6.24. The van der Waals surface area contributed by atoms with Crippen LogP contribution >= 0.6 is 0 Å². The summed E-state index contributed by atoms with van der Waals surface area (Å²) in [7, 11) is 8.99. The number of aliphatic hydroxyl groups is 1. The van der Waals surface area contributed by atoms with Gasteiger partial charge in [-0.25, -0.2) is 0 Å². The molecular formula is C37H41N2O7+. The molecule has 2 aliphatic rings.